The third-order valence-electron chi connectivity index (χ3n) is 1.82. The highest BCUT2D eigenvalue weighted by molar-refractivity contribution is 5.69. The molecule has 0 amide bonds. The van der Waals surface area contributed by atoms with Gasteiger partial charge in [0.1, 0.15) is 6.61 Å². The van der Waals surface area contributed by atoms with Gasteiger partial charge in [-0.05, 0) is 18.3 Å². The van der Waals surface area contributed by atoms with Crippen molar-refractivity contribution in [1.82, 2.24) is 0 Å². The molecule has 0 aliphatic heterocycles. The molecule has 0 bridgehead atoms. The Kier molecular flexibility index (Phi) is 6.26. The van der Waals surface area contributed by atoms with E-state index in [1.165, 1.54) is 0 Å². The lowest BCUT2D eigenvalue weighted by Crippen LogP contribution is -2.11. The third-order valence-corrected chi connectivity index (χ3v) is 1.82. The average Bonchev–Trinajstić information content (AvgIpc) is 2.08. The monoisotopic (exact) mass is 198 g/mol. The zero-order valence-electron chi connectivity index (χ0n) is 9.80. The Bertz CT molecular complexity index is 187. The van der Waals surface area contributed by atoms with Gasteiger partial charge in [-0.2, -0.15) is 0 Å². The van der Waals surface area contributed by atoms with Gasteiger partial charge in [0.15, 0.2) is 0 Å². The van der Waals surface area contributed by atoms with E-state index in [-0.39, 0.29) is 11.4 Å². The van der Waals surface area contributed by atoms with E-state index in [2.05, 4.69) is 27.7 Å². The van der Waals surface area contributed by atoms with Gasteiger partial charge < -0.3 is 4.74 Å². The Morgan fingerprint density at radius 2 is 1.93 bits per heavy atom. The summed E-state index contributed by atoms with van der Waals surface area (Å²) in [5, 5.41) is 0. The summed E-state index contributed by atoms with van der Waals surface area (Å²) < 4.78 is 5.01. The minimum atomic E-state index is -0.0966. The number of allylic oxidation sites excluding steroid dienone is 1. The van der Waals surface area contributed by atoms with Gasteiger partial charge in [-0.3, -0.25) is 4.79 Å². The highest BCUT2D eigenvalue weighted by Crippen LogP contribution is 2.20. The van der Waals surface area contributed by atoms with Gasteiger partial charge >= 0.3 is 5.97 Å². The number of hydrogen-bond acceptors (Lipinski definition) is 2. The van der Waals surface area contributed by atoms with Gasteiger partial charge in [0.05, 0.1) is 0 Å². The molecule has 0 fully saturated rings. The summed E-state index contributed by atoms with van der Waals surface area (Å²) >= 11 is 0. The quantitative estimate of drug-likeness (QED) is 0.500. The Balaban J connectivity index is 3.52. The van der Waals surface area contributed by atoms with Crippen LogP contribution in [0.1, 0.15) is 47.0 Å². The van der Waals surface area contributed by atoms with Crippen molar-refractivity contribution in [3.05, 3.63) is 12.2 Å². The van der Waals surface area contributed by atoms with E-state index in [1.54, 1.807) is 0 Å². The van der Waals surface area contributed by atoms with Crippen molar-refractivity contribution >= 4 is 5.97 Å². The molecule has 0 radical (unpaired) electrons. The second-order valence-electron chi connectivity index (χ2n) is 4.62. The maximum Gasteiger partial charge on any atom is 0.306 e. The first-order valence-electron chi connectivity index (χ1n) is 5.26. The van der Waals surface area contributed by atoms with Gasteiger partial charge in [0, 0.05) is 6.42 Å². The minimum absolute atomic E-state index is 0.0966. The van der Waals surface area contributed by atoms with E-state index in [0.29, 0.717) is 13.0 Å². The molecule has 0 aromatic heterocycles. The molecule has 2 heteroatoms. The average molecular weight is 198 g/mol. The van der Waals surface area contributed by atoms with Crippen LogP contribution in [0.5, 0.6) is 0 Å². The third kappa shape index (κ3) is 9.30. The van der Waals surface area contributed by atoms with Crippen LogP contribution in [-0.2, 0) is 9.53 Å². The van der Waals surface area contributed by atoms with E-state index in [0.717, 1.165) is 12.8 Å². The summed E-state index contributed by atoms with van der Waals surface area (Å²) in [5.41, 5.74) is 0.207. The van der Waals surface area contributed by atoms with Crippen LogP contribution >= 0.6 is 0 Å². The highest BCUT2D eigenvalue weighted by Gasteiger charge is 2.12. The van der Waals surface area contributed by atoms with Crippen molar-refractivity contribution in [1.29, 1.82) is 0 Å². The lowest BCUT2D eigenvalue weighted by atomic mass is 9.91. The van der Waals surface area contributed by atoms with Crippen LogP contribution in [0.2, 0.25) is 0 Å². The molecule has 0 heterocycles. The molecule has 0 spiro atoms. The normalized spacial score (nSPS) is 12.0. The summed E-state index contributed by atoms with van der Waals surface area (Å²) in [5.74, 6) is -0.0966. The molecule has 0 unspecified atom stereocenters. The Hall–Kier alpha value is -0.790. The molecule has 0 aliphatic rings. The molecule has 2 nitrogen and oxygen atoms in total. The van der Waals surface area contributed by atoms with Gasteiger partial charge in [0.2, 0.25) is 0 Å². The Morgan fingerprint density at radius 1 is 1.29 bits per heavy atom. The molecule has 0 aromatic rings. The molecule has 0 aliphatic carbocycles. The standard InChI is InChI=1S/C12H22O2/c1-5-6-7-10-14-11(13)8-9-12(2,3)4/h6-7H,5,8-10H2,1-4H3/b7-6+. The van der Waals surface area contributed by atoms with Crippen molar-refractivity contribution < 1.29 is 9.53 Å². The molecule has 0 saturated carbocycles. The molecule has 0 rings (SSSR count). The fourth-order valence-corrected chi connectivity index (χ4v) is 0.925. The largest absolute Gasteiger partial charge is 0.461 e. The first-order valence-corrected chi connectivity index (χ1v) is 5.26. The number of rotatable bonds is 5. The molecule has 0 saturated heterocycles. The van der Waals surface area contributed by atoms with Crippen molar-refractivity contribution in [3.8, 4) is 0 Å². The predicted molar refractivity (Wildman–Crippen MR) is 59.1 cm³/mol. The lowest BCUT2D eigenvalue weighted by Gasteiger charge is -2.16. The number of hydrogen-bond donors (Lipinski definition) is 0. The van der Waals surface area contributed by atoms with Crippen LogP contribution in [0.25, 0.3) is 0 Å². The second kappa shape index (κ2) is 6.63. The Labute approximate surface area is 87.3 Å². The van der Waals surface area contributed by atoms with Crippen LogP contribution in [0, 0.1) is 5.41 Å². The first kappa shape index (κ1) is 13.2. The van der Waals surface area contributed by atoms with Crippen LogP contribution in [0.4, 0.5) is 0 Å². The first-order chi connectivity index (χ1) is 6.45. The van der Waals surface area contributed by atoms with Crippen LogP contribution in [-0.4, -0.2) is 12.6 Å². The number of carbonyl (C=O) groups excluding carboxylic acids is 1. The SMILES string of the molecule is CC/C=C/COC(=O)CCC(C)(C)C. The zero-order valence-corrected chi connectivity index (χ0v) is 9.80. The number of ether oxygens (including phenoxy) is 1. The summed E-state index contributed by atoms with van der Waals surface area (Å²) in [6.07, 6.45) is 6.26. The molecular formula is C12H22O2. The fraction of sp³-hybridized carbons (Fsp3) is 0.750. The van der Waals surface area contributed by atoms with Crippen LogP contribution in [0.3, 0.4) is 0 Å². The molecule has 0 aromatic carbocycles. The van der Waals surface area contributed by atoms with Crippen LogP contribution < -0.4 is 0 Å². The fourth-order valence-electron chi connectivity index (χ4n) is 0.925. The van der Waals surface area contributed by atoms with E-state index in [4.69, 9.17) is 4.74 Å². The van der Waals surface area contributed by atoms with E-state index >= 15 is 0 Å². The molecule has 14 heavy (non-hydrogen) atoms. The summed E-state index contributed by atoms with van der Waals surface area (Å²) in [4.78, 5) is 11.2. The van der Waals surface area contributed by atoms with Crippen molar-refractivity contribution in [2.24, 2.45) is 5.41 Å². The maximum atomic E-state index is 11.2. The highest BCUT2D eigenvalue weighted by atomic mass is 16.5. The van der Waals surface area contributed by atoms with Crippen molar-refractivity contribution in [2.45, 2.75) is 47.0 Å². The van der Waals surface area contributed by atoms with Gasteiger partial charge in [-0.25, -0.2) is 0 Å². The zero-order chi connectivity index (χ0) is 11.0. The van der Waals surface area contributed by atoms with Gasteiger partial charge in [-0.1, -0.05) is 39.8 Å². The molecule has 0 atom stereocenters. The summed E-state index contributed by atoms with van der Waals surface area (Å²) in [6, 6.07) is 0. The second-order valence-corrected chi connectivity index (χ2v) is 4.62. The molecule has 0 N–H and O–H groups in total. The van der Waals surface area contributed by atoms with E-state index in [1.807, 2.05) is 12.2 Å². The van der Waals surface area contributed by atoms with Crippen LogP contribution in [0.15, 0.2) is 12.2 Å². The smallest absolute Gasteiger partial charge is 0.306 e. The van der Waals surface area contributed by atoms with E-state index < -0.39 is 0 Å². The summed E-state index contributed by atoms with van der Waals surface area (Å²) in [6.45, 7) is 8.83. The maximum absolute atomic E-state index is 11.2. The molecular weight excluding hydrogens is 176 g/mol. The van der Waals surface area contributed by atoms with Gasteiger partial charge in [0.25, 0.3) is 0 Å². The van der Waals surface area contributed by atoms with Crippen molar-refractivity contribution in [2.75, 3.05) is 6.61 Å². The number of esters is 1. The molecule has 82 valence electrons. The predicted octanol–water partition coefficient (Wildman–Crippen LogP) is 3.32. The topological polar surface area (TPSA) is 26.3 Å². The Morgan fingerprint density at radius 3 is 2.43 bits per heavy atom. The summed E-state index contributed by atoms with van der Waals surface area (Å²) in [7, 11) is 0. The van der Waals surface area contributed by atoms with Gasteiger partial charge in [-0.15, -0.1) is 0 Å². The lowest BCUT2D eigenvalue weighted by molar-refractivity contribution is -0.143. The van der Waals surface area contributed by atoms with Crippen molar-refractivity contribution in [3.63, 3.8) is 0 Å². The van der Waals surface area contributed by atoms with E-state index in [9.17, 15) is 4.79 Å². The number of carbonyl (C=O) groups is 1. The minimum Gasteiger partial charge on any atom is -0.461 e.